The van der Waals surface area contributed by atoms with Gasteiger partial charge in [-0.1, -0.05) is 0 Å². The Bertz CT molecular complexity index is 382. The number of hydrogen-bond acceptors (Lipinski definition) is 5. The number of esters is 1. The van der Waals surface area contributed by atoms with Crippen molar-refractivity contribution in [2.24, 2.45) is 0 Å². The lowest BCUT2D eigenvalue weighted by molar-refractivity contribution is -0.159. The molecule has 5 nitrogen and oxygen atoms in total. The van der Waals surface area contributed by atoms with E-state index < -0.39 is 11.6 Å². The molecule has 1 fully saturated rings. The number of rotatable bonds is 3. The number of nitriles is 1. The van der Waals surface area contributed by atoms with Gasteiger partial charge in [0.15, 0.2) is 5.78 Å². The zero-order valence-corrected chi connectivity index (χ0v) is 10.3. The van der Waals surface area contributed by atoms with Gasteiger partial charge in [-0.2, -0.15) is 5.26 Å². The number of hydrogen-bond donors (Lipinski definition) is 0. The number of ether oxygens (including phenoxy) is 1. The Hall–Kier alpha value is -1.83. The monoisotopic (exact) mass is 236 g/mol. The molecule has 0 amide bonds. The van der Waals surface area contributed by atoms with Gasteiger partial charge in [-0.3, -0.25) is 4.79 Å². The predicted octanol–water partition coefficient (Wildman–Crippen LogP) is 1.01. The second kappa shape index (κ2) is 5.00. The van der Waals surface area contributed by atoms with E-state index in [-0.39, 0.29) is 17.8 Å². The summed E-state index contributed by atoms with van der Waals surface area (Å²) in [4.78, 5) is 25.0. The van der Waals surface area contributed by atoms with Crippen molar-refractivity contribution >= 4 is 11.8 Å². The van der Waals surface area contributed by atoms with Gasteiger partial charge in [-0.25, -0.2) is 4.79 Å². The Morgan fingerprint density at radius 3 is 2.71 bits per heavy atom. The third kappa shape index (κ3) is 3.59. The highest BCUT2D eigenvalue weighted by molar-refractivity contribution is 6.19. The topological polar surface area (TPSA) is 70.4 Å². The van der Waals surface area contributed by atoms with E-state index in [1.54, 1.807) is 25.8 Å². The van der Waals surface area contributed by atoms with Crippen molar-refractivity contribution in [3.8, 4) is 6.07 Å². The molecule has 0 aromatic carbocycles. The summed E-state index contributed by atoms with van der Waals surface area (Å²) in [6.07, 6.45) is 1.99. The van der Waals surface area contributed by atoms with Crippen LogP contribution in [0, 0.1) is 11.3 Å². The zero-order chi connectivity index (χ0) is 13.1. The quantitative estimate of drug-likeness (QED) is 0.415. The Kier molecular flexibility index (Phi) is 3.89. The molecule has 0 aromatic rings. The summed E-state index contributed by atoms with van der Waals surface area (Å²) >= 11 is 0. The Morgan fingerprint density at radius 1 is 1.53 bits per heavy atom. The van der Waals surface area contributed by atoms with Gasteiger partial charge in [-0.15, -0.1) is 0 Å². The molecule has 5 heteroatoms. The second-order valence-electron chi connectivity index (χ2n) is 4.68. The molecule has 1 aliphatic rings. The fraction of sp³-hybridized carbons (Fsp3) is 0.583. The number of nitrogens with zero attached hydrogens (tertiary/aromatic N) is 2. The van der Waals surface area contributed by atoms with E-state index >= 15 is 0 Å². The lowest BCUT2D eigenvalue weighted by Crippen LogP contribution is -2.39. The lowest BCUT2D eigenvalue weighted by Gasteiger charge is -2.30. The van der Waals surface area contributed by atoms with E-state index in [0.29, 0.717) is 13.0 Å². The van der Waals surface area contributed by atoms with Crippen LogP contribution in [0.4, 0.5) is 0 Å². The van der Waals surface area contributed by atoms with Crippen LogP contribution in [0.3, 0.4) is 0 Å². The average molecular weight is 236 g/mol. The van der Waals surface area contributed by atoms with Crippen LogP contribution in [0.5, 0.6) is 0 Å². The van der Waals surface area contributed by atoms with E-state index in [1.165, 1.54) is 6.20 Å². The van der Waals surface area contributed by atoms with Crippen molar-refractivity contribution in [2.75, 3.05) is 13.6 Å². The maximum Gasteiger partial charge on any atom is 0.343 e. The van der Waals surface area contributed by atoms with Crippen LogP contribution in [-0.2, 0) is 14.3 Å². The lowest BCUT2D eigenvalue weighted by atomic mass is 9.94. The van der Waals surface area contributed by atoms with Crippen LogP contribution in [-0.4, -0.2) is 35.8 Å². The highest BCUT2D eigenvalue weighted by Gasteiger charge is 2.37. The van der Waals surface area contributed by atoms with Gasteiger partial charge in [0, 0.05) is 19.8 Å². The van der Waals surface area contributed by atoms with Crippen LogP contribution in [0.25, 0.3) is 0 Å². The van der Waals surface area contributed by atoms with Gasteiger partial charge >= 0.3 is 5.97 Å². The van der Waals surface area contributed by atoms with Crippen molar-refractivity contribution in [3.63, 3.8) is 0 Å². The molecule has 0 spiro atoms. The largest absolute Gasteiger partial charge is 0.455 e. The first-order chi connectivity index (χ1) is 7.85. The van der Waals surface area contributed by atoms with Crippen LogP contribution < -0.4 is 0 Å². The van der Waals surface area contributed by atoms with Gasteiger partial charge in [0.05, 0.1) is 18.9 Å². The van der Waals surface area contributed by atoms with Crippen molar-refractivity contribution in [2.45, 2.75) is 32.3 Å². The molecule has 1 saturated heterocycles. The second-order valence-corrected chi connectivity index (χ2v) is 4.68. The predicted molar refractivity (Wildman–Crippen MR) is 60.7 cm³/mol. The molecular weight excluding hydrogens is 220 g/mol. The van der Waals surface area contributed by atoms with Gasteiger partial charge < -0.3 is 9.64 Å². The summed E-state index contributed by atoms with van der Waals surface area (Å²) in [5.41, 5.74) is -0.665. The summed E-state index contributed by atoms with van der Waals surface area (Å²) in [6, 6.07) is 2.00. The molecular formula is C12H16N2O3. The van der Waals surface area contributed by atoms with E-state index in [9.17, 15) is 9.59 Å². The minimum Gasteiger partial charge on any atom is -0.455 e. The molecule has 0 aliphatic carbocycles. The summed E-state index contributed by atoms with van der Waals surface area (Å²) in [5.74, 6) is -0.801. The molecule has 17 heavy (non-hydrogen) atoms. The molecule has 0 unspecified atom stereocenters. The minimum atomic E-state index is -0.725. The summed E-state index contributed by atoms with van der Waals surface area (Å²) < 4.78 is 5.14. The van der Waals surface area contributed by atoms with Crippen molar-refractivity contribution in [1.29, 1.82) is 5.26 Å². The molecule has 0 saturated carbocycles. The highest BCUT2D eigenvalue weighted by Crippen LogP contribution is 2.25. The minimum absolute atomic E-state index is 0.0600. The molecule has 0 atom stereocenters. The number of ketones is 1. The van der Waals surface area contributed by atoms with Gasteiger partial charge in [0.25, 0.3) is 0 Å². The Labute approximate surface area is 101 Å². The third-order valence-electron chi connectivity index (χ3n) is 2.40. The third-order valence-corrected chi connectivity index (χ3v) is 2.40. The van der Waals surface area contributed by atoms with E-state index in [1.807, 2.05) is 6.07 Å². The fourth-order valence-electron chi connectivity index (χ4n) is 1.57. The molecule has 0 N–H and O–H groups in total. The van der Waals surface area contributed by atoms with E-state index in [2.05, 4.69) is 0 Å². The smallest absolute Gasteiger partial charge is 0.343 e. The summed E-state index contributed by atoms with van der Waals surface area (Å²) in [6.45, 7) is 3.89. The molecule has 1 heterocycles. The van der Waals surface area contributed by atoms with Crippen molar-refractivity contribution in [3.05, 3.63) is 11.8 Å². The summed E-state index contributed by atoms with van der Waals surface area (Å²) in [7, 11) is 1.71. The fourth-order valence-corrected chi connectivity index (χ4v) is 1.57. The SMILES string of the molecule is CN(/C=C1\C(=O)CC(C)(C)OC1=O)CCC#N. The standard InChI is InChI=1S/C12H16N2O3/c1-12(2)7-10(15)9(11(16)17-12)8-14(3)6-4-5-13/h8H,4,6-7H2,1-3H3/b9-8+. The number of Topliss-reactive ketones (excluding diaryl/α,β-unsaturated/α-hetero) is 1. The highest BCUT2D eigenvalue weighted by atomic mass is 16.6. The summed E-state index contributed by atoms with van der Waals surface area (Å²) in [5, 5.41) is 8.44. The van der Waals surface area contributed by atoms with Crippen LogP contribution >= 0.6 is 0 Å². The Balaban J connectivity index is 2.78. The molecule has 92 valence electrons. The number of carbonyl (C=O) groups excluding carboxylic acids is 2. The normalized spacial score (nSPS) is 20.9. The van der Waals surface area contributed by atoms with E-state index in [4.69, 9.17) is 10.00 Å². The number of cyclic esters (lactones) is 1. The van der Waals surface area contributed by atoms with Crippen molar-refractivity contribution < 1.29 is 14.3 Å². The first kappa shape index (κ1) is 13.2. The molecule has 0 aromatic heterocycles. The first-order valence-corrected chi connectivity index (χ1v) is 5.41. The molecule has 1 rings (SSSR count). The van der Waals surface area contributed by atoms with E-state index in [0.717, 1.165) is 0 Å². The number of carbonyl (C=O) groups is 2. The van der Waals surface area contributed by atoms with Gasteiger partial charge in [-0.05, 0) is 13.8 Å². The molecule has 0 bridgehead atoms. The van der Waals surface area contributed by atoms with Crippen molar-refractivity contribution in [1.82, 2.24) is 4.90 Å². The average Bonchev–Trinajstić information content (AvgIpc) is 2.19. The Morgan fingerprint density at radius 2 is 2.18 bits per heavy atom. The maximum atomic E-state index is 11.8. The first-order valence-electron chi connectivity index (χ1n) is 5.41. The molecule has 1 aliphatic heterocycles. The van der Waals surface area contributed by atoms with Crippen LogP contribution in [0.2, 0.25) is 0 Å². The zero-order valence-electron chi connectivity index (χ0n) is 10.3. The van der Waals surface area contributed by atoms with Gasteiger partial charge in [0.1, 0.15) is 11.2 Å². The maximum absolute atomic E-state index is 11.8. The van der Waals surface area contributed by atoms with Crippen LogP contribution in [0.1, 0.15) is 26.7 Å². The molecule has 0 radical (unpaired) electrons. The van der Waals surface area contributed by atoms with Crippen LogP contribution in [0.15, 0.2) is 11.8 Å². The van der Waals surface area contributed by atoms with Gasteiger partial charge in [0.2, 0.25) is 0 Å².